The maximum atomic E-state index is 14.3. The summed E-state index contributed by atoms with van der Waals surface area (Å²) in [6, 6.07) is 8.07. The molecule has 1 amide bonds. The number of rotatable bonds is 6. The van der Waals surface area contributed by atoms with Gasteiger partial charge in [0, 0.05) is 43.2 Å². The lowest BCUT2D eigenvalue weighted by atomic mass is 9.95. The number of carbonyl (C=O) groups is 1. The molecule has 10 nitrogen and oxygen atoms in total. The van der Waals surface area contributed by atoms with Crippen LogP contribution in [0.3, 0.4) is 0 Å². The minimum Gasteiger partial charge on any atom is -0.488 e. The Balaban J connectivity index is 1.35. The first-order valence-corrected chi connectivity index (χ1v) is 16.5. The van der Waals surface area contributed by atoms with Crippen LogP contribution in [-0.2, 0) is 19.2 Å². The first kappa shape index (κ1) is 30.9. The van der Waals surface area contributed by atoms with E-state index in [2.05, 4.69) is 19.6 Å². The normalized spacial score (nSPS) is 20.5. The van der Waals surface area contributed by atoms with Crippen molar-refractivity contribution >= 4 is 43.9 Å². The summed E-state index contributed by atoms with van der Waals surface area (Å²) in [4.78, 5) is 22.9. The summed E-state index contributed by atoms with van der Waals surface area (Å²) in [5, 5.41) is 4.10. The zero-order valence-corrected chi connectivity index (χ0v) is 26.2. The number of methoxy groups -OCH3 is 1. The van der Waals surface area contributed by atoms with Crippen molar-refractivity contribution in [1.82, 2.24) is 14.9 Å². The summed E-state index contributed by atoms with van der Waals surface area (Å²) in [5.74, 6) is 1.11. The third kappa shape index (κ3) is 7.72. The highest BCUT2D eigenvalue weighted by Crippen LogP contribution is 2.36. The van der Waals surface area contributed by atoms with Gasteiger partial charge in [-0.3, -0.25) is 0 Å². The molecular weight excluding hydrogens is 573 g/mol. The van der Waals surface area contributed by atoms with Gasteiger partial charge in [-0.15, -0.1) is 0 Å². The molecule has 3 aromatic rings. The number of amides is 1. The summed E-state index contributed by atoms with van der Waals surface area (Å²) in [6.45, 7) is 8.01. The molecule has 1 saturated carbocycles. The average Bonchev–Trinajstić information content (AvgIpc) is 2.94. The molecule has 1 N–H and O–H groups in total. The first-order valence-electron chi connectivity index (χ1n) is 14.6. The summed E-state index contributed by atoms with van der Waals surface area (Å²) >= 11 is 0. The van der Waals surface area contributed by atoms with Crippen molar-refractivity contribution in [3.63, 3.8) is 0 Å². The lowest BCUT2D eigenvalue weighted by molar-refractivity contribution is 0.0268. The molecule has 0 radical (unpaired) electrons. The fourth-order valence-corrected chi connectivity index (χ4v) is 7.31. The van der Waals surface area contributed by atoms with Crippen LogP contribution in [0, 0.1) is 12.7 Å². The van der Waals surface area contributed by atoms with E-state index < -0.39 is 21.4 Å². The number of anilines is 2. The molecule has 0 spiro atoms. The summed E-state index contributed by atoms with van der Waals surface area (Å²) in [6.07, 6.45) is 4.72. The topological polar surface area (TPSA) is 115 Å². The zero-order chi connectivity index (χ0) is 30.8. The van der Waals surface area contributed by atoms with Gasteiger partial charge in [0.2, 0.25) is 0 Å². The van der Waals surface area contributed by atoms with E-state index in [1.54, 1.807) is 24.1 Å². The number of ether oxygens (including phenoxy) is 3. The lowest BCUT2D eigenvalue weighted by Gasteiger charge is -2.31. The Morgan fingerprint density at radius 3 is 2.44 bits per heavy atom. The van der Waals surface area contributed by atoms with Crippen molar-refractivity contribution < 1.29 is 27.6 Å². The molecule has 2 fully saturated rings. The van der Waals surface area contributed by atoms with Gasteiger partial charge in [0.15, 0.2) is 0 Å². The van der Waals surface area contributed by atoms with Crippen LogP contribution in [0.15, 0.2) is 41.0 Å². The van der Waals surface area contributed by atoms with Crippen molar-refractivity contribution in [2.75, 3.05) is 37.0 Å². The van der Waals surface area contributed by atoms with Crippen molar-refractivity contribution in [3.8, 4) is 5.75 Å². The standard InChI is InChI=1S/C31H40FN5O5S/c1-20-16-22(36-43(39)14-12-37(13-15-43)30(38)42-31(2,3)4)18-26-28(20)29(34-19-33-26)35-25-11-6-21(32)17-27(25)41-24-9-7-23(40-5)8-10-24/h6,11,16-19,23-24H,7-10,12-15H2,1-5H3,(H,33,34,35). The largest absolute Gasteiger partial charge is 0.488 e. The second-order valence-corrected chi connectivity index (χ2v) is 14.7. The predicted molar refractivity (Wildman–Crippen MR) is 165 cm³/mol. The number of benzene rings is 2. The van der Waals surface area contributed by atoms with E-state index in [1.807, 2.05) is 33.8 Å². The molecule has 0 unspecified atom stereocenters. The zero-order valence-electron chi connectivity index (χ0n) is 25.4. The number of aryl methyl sites for hydroxylation is 1. The number of halogens is 1. The Morgan fingerprint density at radius 1 is 1.07 bits per heavy atom. The van der Waals surface area contributed by atoms with Gasteiger partial charge >= 0.3 is 6.09 Å². The van der Waals surface area contributed by atoms with Crippen LogP contribution in [0.25, 0.3) is 10.9 Å². The second kappa shape index (κ2) is 12.6. The summed E-state index contributed by atoms with van der Waals surface area (Å²) < 4.78 is 49.7. The van der Waals surface area contributed by atoms with Gasteiger partial charge in [-0.25, -0.2) is 23.4 Å². The van der Waals surface area contributed by atoms with Crippen LogP contribution in [0.2, 0.25) is 0 Å². The van der Waals surface area contributed by atoms with Gasteiger partial charge in [0.05, 0.1) is 38.8 Å². The average molecular weight is 614 g/mol. The Bertz CT molecular complexity index is 1600. The molecule has 2 aliphatic rings. The van der Waals surface area contributed by atoms with E-state index in [9.17, 15) is 13.4 Å². The van der Waals surface area contributed by atoms with Crippen molar-refractivity contribution in [3.05, 3.63) is 48.0 Å². The Hall–Kier alpha value is -3.51. The highest BCUT2D eigenvalue weighted by molar-refractivity contribution is 7.93. The van der Waals surface area contributed by atoms with Gasteiger partial charge in [0.25, 0.3) is 0 Å². The summed E-state index contributed by atoms with van der Waals surface area (Å²) in [5.41, 5.74) is 2.04. The van der Waals surface area contributed by atoms with E-state index in [-0.39, 0.29) is 29.5 Å². The minimum atomic E-state index is -2.57. The molecule has 2 aromatic carbocycles. The van der Waals surface area contributed by atoms with Crippen molar-refractivity contribution in [1.29, 1.82) is 0 Å². The molecule has 0 atom stereocenters. The second-order valence-electron chi connectivity index (χ2n) is 12.1. The Labute approximate surface area is 252 Å². The minimum absolute atomic E-state index is 0.0280. The maximum Gasteiger partial charge on any atom is 0.410 e. The summed E-state index contributed by atoms with van der Waals surface area (Å²) in [7, 11) is -0.845. The predicted octanol–water partition coefficient (Wildman–Crippen LogP) is 6.51. The SMILES string of the molecule is COC1CCC(Oc2cc(F)ccc2Nc2ncnc3cc(N=S4(=O)CCN(C(=O)OC(C)(C)C)CC4)cc(C)c23)CC1. The third-order valence-corrected chi connectivity index (χ3v) is 9.83. The van der Waals surface area contributed by atoms with Gasteiger partial charge in [-0.05, 0) is 83.2 Å². The monoisotopic (exact) mass is 613 g/mol. The molecule has 1 aromatic heterocycles. The van der Waals surface area contributed by atoms with Gasteiger partial charge in [-0.1, -0.05) is 0 Å². The molecule has 232 valence electrons. The highest BCUT2D eigenvalue weighted by atomic mass is 32.2. The highest BCUT2D eigenvalue weighted by Gasteiger charge is 2.28. The van der Waals surface area contributed by atoms with E-state index in [4.69, 9.17) is 14.2 Å². The fraction of sp³-hybridized carbons (Fsp3) is 0.516. The van der Waals surface area contributed by atoms with Gasteiger partial charge < -0.3 is 24.4 Å². The quantitative estimate of drug-likeness (QED) is 0.335. The molecule has 43 heavy (non-hydrogen) atoms. The molecular formula is C31H40FN5O5S. The Morgan fingerprint density at radius 2 is 1.77 bits per heavy atom. The smallest absolute Gasteiger partial charge is 0.410 e. The van der Waals surface area contributed by atoms with Crippen molar-refractivity contribution in [2.24, 2.45) is 4.36 Å². The van der Waals surface area contributed by atoms with E-state index in [0.29, 0.717) is 41.5 Å². The maximum absolute atomic E-state index is 14.3. The molecule has 12 heteroatoms. The van der Waals surface area contributed by atoms with Crippen LogP contribution in [0.4, 0.5) is 26.4 Å². The number of hydrogen-bond donors (Lipinski definition) is 1. The number of fused-ring (bicyclic) bond motifs is 1. The third-order valence-electron chi connectivity index (χ3n) is 7.65. The van der Waals surface area contributed by atoms with Crippen molar-refractivity contribution in [2.45, 2.75) is 71.2 Å². The van der Waals surface area contributed by atoms with E-state index >= 15 is 0 Å². The van der Waals surface area contributed by atoms with Gasteiger partial charge in [-0.2, -0.15) is 4.36 Å². The molecule has 2 heterocycles. The molecule has 0 bridgehead atoms. The Kier molecular flexibility index (Phi) is 9.07. The molecule has 1 aliphatic carbocycles. The molecule has 1 aliphatic heterocycles. The number of hydrogen-bond acceptors (Lipinski definition) is 9. The number of nitrogens with zero attached hydrogens (tertiary/aromatic N) is 4. The molecule has 1 saturated heterocycles. The number of aromatic nitrogens is 2. The van der Waals surface area contributed by atoms with Crippen LogP contribution in [0.1, 0.15) is 52.0 Å². The van der Waals surface area contributed by atoms with E-state index in [0.717, 1.165) is 36.6 Å². The van der Waals surface area contributed by atoms with Crippen LogP contribution in [-0.4, -0.2) is 74.7 Å². The van der Waals surface area contributed by atoms with E-state index in [1.165, 1.54) is 18.5 Å². The number of carbonyl (C=O) groups excluding carboxylic acids is 1. The van der Waals surface area contributed by atoms with Crippen LogP contribution >= 0.6 is 0 Å². The fourth-order valence-electron chi connectivity index (χ4n) is 5.42. The molecule has 5 rings (SSSR count). The first-order chi connectivity index (χ1) is 20.4. The number of nitrogens with one attached hydrogen (secondary N) is 1. The van der Waals surface area contributed by atoms with Crippen LogP contribution in [0.5, 0.6) is 5.75 Å². The van der Waals surface area contributed by atoms with Gasteiger partial charge in [0.1, 0.15) is 29.3 Å². The lowest BCUT2D eigenvalue weighted by Crippen LogP contribution is -2.45. The van der Waals surface area contributed by atoms with Crippen LogP contribution < -0.4 is 10.1 Å².